The molecule has 0 spiro atoms. The summed E-state index contributed by atoms with van der Waals surface area (Å²) in [6.07, 6.45) is 5.67. The first-order chi connectivity index (χ1) is 9.15. The lowest BCUT2D eigenvalue weighted by Crippen LogP contribution is -2.24. The number of nitrogens with one attached hydrogen (secondary N) is 1. The molecule has 1 amide bonds. The molecule has 0 aromatic carbocycles. The van der Waals surface area contributed by atoms with E-state index in [1.807, 2.05) is 0 Å². The number of nitrogens with zero attached hydrogens (tertiary/aromatic N) is 5. The van der Waals surface area contributed by atoms with Crippen molar-refractivity contribution in [3.05, 3.63) is 36.2 Å². The summed E-state index contributed by atoms with van der Waals surface area (Å²) in [4.78, 5) is 29.7. The van der Waals surface area contributed by atoms with Crippen LogP contribution >= 0.6 is 0 Å². The van der Waals surface area contributed by atoms with Crippen molar-refractivity contribution in [1.82, 2.24) is 30.3 Å². The van der Waals surface area contributed by atoms with E-state index in [1.165, 1.54) is 29.5 Å². The molecule has 9 heteroatoms. The van der Waals surface area contributed by atoms with Crippen LogP contribution in [0.25, 0.3) is 0 Å². The van der Waals surface area contributed by atoms with Crippen LogP contribution < -0.4 is 5.32 Å². The zero-order valence-corrected chi connectivity index (χ0v) is 9.72. The molecule has 0 saturated carbocycles. The molecule has 0 fully saturated rings. The molecule has 0 unspecified atom stereocenters. The fraction of sp³-hybridized carbons (Fsp3) is 0.200. The molecule has 19 heavy (non-hydrogen) atoms. The van der Waals surface area contributed by atoms with Crippen LogP contribution in [0.5, 0.6) is 0 Å². The average molecular weight is 262 g/mol. The average Bonchev–Trinajstić information content (AvgIpc) is 2.84. The highest BCUT2D eigenvalue weighted by Gasteiger charge is 2.08. The molecule has 0 aliphatic rings. The number of carbonyl (C=O) groups excluding carboxylic acids is 1. The van der Waals surface area contributed by atoms with E-state index in [0.29, 0.717) is 5.69 Å². The topological polar surface area (TPSA) is 123 Å². The summed E-state index contributed by atoms with van der Waals surface area (Å²) in [6.45, 7) is -0.139. The van der Waals surface area contributed by atoms with E-state index in [1.54, 1.807) is 0 Å². The third kappa shape index (κ3) is 3.56. The lowest BCUT2D eigenvalue weighted by molar-refractivity contribution is -0.137. The summed E-state index contributed by atoms with van der Waals surface area (Å²) in [5.41, 5.74) is 0.652. The minimum Gasteiger partial charge on any atom is -0.480 e. The second kappa shape index (κ2) is 5.67. The van der Waals surface area contributed by atoms with E-state index >= 15 is 0 Å². The Morgan fingerprint density at radius 3 is 2.89 bits per heavy atom. The van der Waals surface area contributed by atoms with Gasteiger partial charge in [-0.05, 0) is 0 Å². The molecule has 2 N–H and O–H groups in total. The van der Waals surface area contributed by atoms with Gasteiger partial charge in [-0.15, -0.1) is 5.10 Å². The maximum Gasteiger partial charge on any atom is 0.325 e. The second-order valence-electron chi connectivity index (χ2n) is 3.57. The number of carboxylic acid groups (broad SMARTS) is 1. The third-order valence-electron chi connectivity index (χ3n) is 2.11. The van der Waals surface area contributed by atoms with Gasteiger partial charge in [0.25, 0.3) is 5.91 Å². The van der Waals surface area contributed by atoms with Crippen molar-refractivity contribution in [2.75, 3.05) is 0 Å². The quantitative estimate of drug-likeness (QED) is 0.714. The van der Waals surface area contributed by atoms with Crippen molar-refractivity contribution in [2.24, 2.45) is 0 Å². The zero-order chi connectivity index (χ0) is 13.7. The molecule has 2 rings (SSSR count). The minimum atomic E-state index is -1.01. The van der Waals surface area contributed by atoms with Gasteiger partial charge in [-0.1, -0.05) is 5.21 Å². The highest BCUT2D eigenvalue weighted by molar-refractivity contribution is 5.91. The predicted molar refractivity (Wildman–Crippen MR) is 60.9 cm³/mol. The van der Waals surface area contributed by atoms with Gasteiger partial charge in [0.05, 0.1) is 18.9 Å². The summed E-state index contributed by atoms with van der Waals surface area (Å²) >= 11 is 0. The normalized spacial score (nSPS) is 10.1. The van der Waals surface area contributed by atoms with Crippen molar-refractivity contribution in [1.29, 1.82) is 0 Å². The van der Waals surface area contributed by atoms with Crippen molar-refractivity contribution < 1.29 is 14.7 Å². The maximum atomic E-state index is 11.6. The lowest BCUT2D eigenvalue weighted by atomic mass is 10.4. The second-order valence-corrected chi connectivity index (χ2v) is 3.57. The van der Waals surface area contributed by atoms with Crippen LogP contribution in [-0.4, -0.2) is 41.9 Å². The number of carbonyl (C=O) groups is 2. The molecule has 9 nitrogen and oxygen atoms in total. The minimum absolute atomic E-state index is 0.134. The van der Waals surface area contributed by atoms with Gasteiger partial charge in [0.2, 0.25) is 0 Å². The van der Waals surface area contributed by atoms with Crippen LogP contribution in [0.4, 0.5) is 0 Å². The standard InChI is InChI=1S/C10H10N6O3/c17-9(18)6-16-5-7(14-15-16)3-13-10(19)8-4-11-1-2-12-8/h1-2,4-5H,3,6H2,(H,13,19)(H,17,18). The molecular formula is C10H10N6O3. The molecule has 0 atom stereocenters. The fourth-order valence-corrected chi connectivity index (χ4v) is 1.31. The smallest absolute Gasteiger partial charge is 0.325 e. The van der Waals surface area contributed by atoms with E-state index in [2.05, 4.69) is 25.6 Å². The molecule has 0 radical (unpaired) electrons. The molecule has 0 aliphatic carbocycles. The summed E-state index contributed by atoms with van der Waals surface area (Å²) in [7, 11) is 0. The summed E-state index contributed by atoms with van der Waals surface area (Å²) in [5.74, 6) is -1.40. The van der Waals surface area contributed by atoms with Crippen molar-refractivity contribution in [2.45, 2.75) is 13.1 Å². The van der Waals surface area contributed by atoms with Gasteiger partial charge < -0.3 is 10.4 Å². The Morgan fingerprint density at radius 2 is 2.21 bits per heavy atom. The van der Waals surface area contributed by atoms with Gasteiger partial charge >= 0.3 is 5.97 Å². The number of hydrogen-bond acceptors (Lipinski definition) is 6. The summed E-state index contributed by atoms with van der Waals surface area (Å²) < 4.78 is 1.17. The van der Waals surface area contributed by atoms with Gasteiger partial charge in [0, 0.05) is 12.4 Å². The van der Waals surface area contributed by atoms with Crippen LogP contribution in [-0.2, 0) is 17.9 Å². The van der Waals surface area contributed by atoms with E-state index in [4.69, 9.17) is 5.11 Å². The van der Waals surface area contributed by atoms with E-state index in [0.717, 1.165) is 0 Å². The number of aliphatic carboxylic acids is 1. The largest absolute Gasteiger partial charge is 0.480 e. The molecule has 2 heterocycles. The summed E-state index contributed by atoms with van der Waals surface area (Å²) in [6, 6.07) is 0. The summed E-state index contributed by atoms with van der Waals surface area (Å²) in [5, 5.41) is 18.5. The van der Waals surface area contributed by atoms with Crippen LogP contribution in [0, 0.1) is 0 Å². The SMILES string of the molecule is O=C(O)Cn1cc(CNC(=O)c2cnccn2)nn1. The van der Waals surface area contributed by atoms with Gasteiger partial charge in [-0.25, -0.2) is 9.67 Å². The molecule has 0 saturated heterocycles. The number of rotatable bonds is 5. The van der Waals surface area contributed by atoms with Crippen LogP contribution in [0.3, 0.4) is 0 Å². The van der Waals surface area contributed by atoms with Crippen molar-refractivity contribution in [3.63, 3.8) is 0 Å². The molecule has 2 aromatic rings. The third-order valence-corrected chi connectivity index (χ3v) is 2.11. The Hall–Kier alpha value is -2.84. The predicted octanol–water partition coefficient (Wildman–Crippen LogP) is -0.917. The molecule has 0 bridgehead atoms. The fourth-order valence-electron chi connectivity index (χ4n) is 1.31. The first-order valence-electron chi connectivity index (χ1n) is 5.30. The molecule has 98 valence electrons. The van der Waals surface area contributed by atoms with E-state index in [9.17, 15) is 9.59 Å². The molecule has 0 aliphatic heterocycles. The van der Waals surface area contributed by atoms with Crippen molar-refractivity contribution in [3.8, 4) is 0 Å². The van der Waals surface area contributed by atoms with E-state index < -0.39 is 5.97 Å². The van der Waals surface area contributed by atoms with Crippen molar-refractivity contribution >= 4 is 11.9 Å². The number of aromatic nitrogens is 5. The molecular weight excluding hydrogens is 252 g/mol. The van der Waals surface area contributed by atoms with Crippen LogP contribution in [0.15, 0.2) is 24.8 Å². The zero-order valence-electron chi connectivity index (χ0n) is 9.72. The Balaban J connectivity index is 1.90. The number of amides is 1. The number of hydrogen-bond donors (Lipinski definition) is 2. The Morgan fingerprint density at radius 1 is 1.37 bits per heavy atom. The highest BCUT2D eigenvalue weighted by atomic mass is 16.4. The van der Waals surface area contributed by atoms with Gasteiger partial charge in [0.1, 0.15) is 17.9 Å². The first kappa shape index (κ1) is 12.6. The van der Waals surface area contributed by atoms with Crippen LogP contribution in [0.2, 0.25) is 0 Å². The Kier molecular flexibility index (Phi) is 3.76. The van der Waals surface area contributed by atoms with Gasteiger partial charge in [0.15, 0.2) is 0 Å². The Labute approximate surface area is 107 Å². The van der Waals surface area contributed by atoms with Gasteiger partial charge in [-0.3, -0.25) is 14.6 Å². The maximum absolute atomic E-state index is 11.6. The highest BCUT2D eigenvalue weighted by Crippen LogP contribution is 1.95. The van der Waals surface area contributed by atoms with Gasteiger partial charge in [-0.2, -0.15) is 0 Å². The number of carboxylic acids is 1. The molecule has 2 aromatic heterocycles. The first-order valence-corrected chi connectivity index (χ1v) is 5.30. The van der Waals surface area contributed by atoms with E-state index in [-0.39, 0.29) is 24.7 Å². The Bertz CT molecular complexity index is 582. The lowest BCUT2D eigenvalue weighted by Gasteiger charge is -2.00. The van der Waals surface area contributed by atoms with Crippen LogP contribution in [0.1, 0.15) is 16.2 Å². The monoisotopic (exact) mass is 262 g/mol.